The number of fused-ring (bicyclic) bond motifs is 1. The number of aromatic nitrogens is 3. The molecule has 1 aromatic carbocycles. The van der Waals surface area contributed by atoms with Crippen LogP contribution in [0.5, 0.6) is 0 Å². The van der Waals surface area contributed by atoms with Crippen LogP contribution in [0.25, 0.3) is 16.9 Å². The Morgan fingerprint density at radius 1 is 1.15 bits per heavy atom. The van der Waals surface area contributed by atoms with Gasteiger partial charge in [0, 0.05) is 41.6 Å². The van der Waals surface area contributed by atoms with Crippen molar-refractivity contribution in [2.24, 2.45) is 0 Å². The third-order valence-electron chi connectivity index (χ3n) is 4.28. The van der Waals surface area contributed by atoms with Crippen molar-refractivity contribution in [2.45, 2.75) is 33.1 Å². The van der Waals surface area contributed by atoms with Crippen molar-refractivity contribution in [1.82, 2.24) is 19.5 Å². The van der Waals surface area contributed by atoms with Crippen LogP contribution in [-0.2, 0) is 11.2 Å². The normalized spacial score (nSPS) is 11.0. The lowest BCUT2D eigenvalue weighted by Crippen LogP contribution is -2.33. The van der Waals surface area contributed by atoms with Gasteiger partial charge in [0.2, 0.25) is 5.91 Å². The minimum atomic E-state index is 0.115. The van der Waals surface area contributed by atoms with Crippen molar-refractivity contribution >= 4 is 23.2 Å². The second-order valence-corrected chi connectivity index (χ2v) is 6.72. The van der Waals surface area contributed by atoms with Crippen molar-refractivity contribution in [3.8, 4) is 11.3 Å². The first-order chi connectivity index (χ1) is 12.6. The SMILES string of the molecule is CCCN(CCC)C(=O)Cc1c(-c2ccc(Cl)cc2)nn2cccnc12. The van der Waals surface area contributed by atoms with Crippen LogP contribution in [0.15, 0.2) is 42.7 Å². The molecule has 3 rings (SSSR count). The molecule has 2 aromatic heterocycles. The molecule has 26 heavy (non-hydrogen) atoms. The Kier molecular flexibility index (Phi) is 5.89. The number of halogens is 1. The van der Waals surface area contributed by atoms with Gasteiger partial charge >= 0.3 is 0 Å². The number of carbonyl (C=O) groups is 1. The van der Waals surface area contributed by atoms with Crippen molar-refractivity contribution in [1.29, 1.82) is 0 Å². The molecule has 0 aliphatic rings. The van der Waals surface area contributed by atoms with Gasteiger partial charge in [-0.1, -0.05) is 37.6 Å². The minimum Gasteiger partial charge on any atom is -0.342 e. The first kappa shape index (κ1) is 18.4. The van der Waals surface area contributed by atoms with E-state index < -0.39 is 0 Å². The van der Waals surface area contributed by atoms with Gasteiger partial charge in [0.1, 0.15) is 0 Å². The number of nitrogens with zero attached hydrogens (tertiary/aromatic N) is 4. The second-order valence-electron chi connectivity index (χ2n) is 6.28. The van der Waals surface area contributed by atoms with Crippen molar-refractivity contribution < 1.29 is 4.79 Å². The van der Waals surface area contributed by atoms with Gasteiger partial charge in [-0.2, -0.15) is 5.10 Å². The predicted molar refractivity (Wildman–Crippen MR) is 104 cm³/mol. The number of benzene rings is 1. The Bertz CT molecular complexity index is 882. The fraction of sp³-hybridized carbons (Fsp3) is 0.350. The zero-order chi connectivity index (χ0) is 18.5. The number of amides is 1. The Labute approximate surface area is 158 Å². The molecule has 1 amide bonds. The van der Waals surface area contributed by atoms with Gasteiger partial charge in [-0.3, -0.25) is 4.79 Å². The zero-order valence-corrected chi connectivity index (χ0v) is 15.9. The van der Waals surface area contributed by atoms with Gasteiger partial charge in [-0.25, -0.2) is 9.50 Å². The number of hydrogen-bond donors (Lipinski definition) is 0. The Hall–Kier alpha value is -2.40. The Morgan fingerprint density at radius 3 is 2.50 bits per heavy atom. The lowest BCUT2D eigenvalue weighted by molar-refractivity contribution is -0.130. The first-order valence-electron chi connectivity index (χ1n) is 9.00. The molecule has 136 valence electrons. The topological polar surface area (TPSA) is 50.5 Å². The van der Waals surface area contributed by atoms with E-state index in [2.05, 4.69) is 23.9 Å². The summed E-state index contributed by atoms with van der Waals surface area (Å²) in [5, 5.41) is 5.33. The van der Waals surface area contributed by atoms with Crippen LogP contribution in [0.2, 0.25) is 5.02 Å². The number of carbonyl (C=O) groups excluding carboxylic acids is 1. The molecule has 0 fully saturated rings. The highest BCUT2D eigenvalue weighted by molar-refractivity contribution is 6.30. The average Bonchev–Trinajstić information content (AvgIpc) is 3.01. The molecule has 0 aliphatic carbocycles. The molecule has 6 heteroatoms. The summed E-state index contributed by atoms with van der Waals surface area (Å²) < 4.78 is 1.73. The van der Waals surface area contributed by atoms with E-state index >= 15 is 0 Å². The fourth-order valence-electron chi connectivity index (χ4n) is 3.10. The highest BCUT2D eigenvalue weighted by Crippen LogP contribution is 2.27. The van der Waals surface area contributed by atoms with E-state index in [0.717, 1.165) is 48.4 Å². The standard InChI is InChI=1S/C20H23ClN4O/c1-3-11-24(12-4-2)18(26)14-17-19(15-6-8-16(21)9-7-15)23-25-13-5-10-22-20(17)25/h5-10,13H,3-4,11-12,14H2,1-2H3. The minimum absolute atomic E-state index is 0.115. The lowest BCUT2D eigenvalue weighted by atomic mass is 10.0. The highest BCUT2D eigenvalue weighted by atomic mass is 35.5. The quantitative estimate of drug-likeness (QED) is 0.625. The summed E-state index contributed by atoms with van der Waals surface area (Å²) in [6, 6.07) is 9.35. The Morgan fingerprint density at radius 2 is 1.85 bits per heavy atom. The molecule has 0 saturated heterocycles. The molecule has 0 atom stereocenters. The van der Waals surface area contributed by atoms with Crippen molar-refractivity contribution in [3.63, 3.8) is 0 Å². The molecule has 0 spiro atoms. The van der Waals surface area contributed by atoms with E-state index in [1.165, 1.54) is 0 Å². The van der Waals surface area contributed by atoms with Gasteiger partial charge in [0.05, 0.1) is 12.1 Å². The molecule has 0 radical (unpaired) electrons. The summed E-state index contributed by atoms with van der Waals surface area (Å²) in [5.74, 6) is 0.115. The summed E-state index contributed by atoms with van der Waals surface area (Å²) in [6.45, 7) is 5.73. The van der Waals surface area contributed by atoms with Crippen LogP contribution in [0, 0.1) is 0 Å². The maximum absolute atomic E-state index is 12.9. The maximum Gasteiger partial charge on any atom is 0.227 e. The smallest absolute Gasteiger partial charge is 0.227 e. The van der Waals surface area contributed by atoms with E-state index in [-0.39, 0.29) is 5.91 Å². The summed E-state index contributed by atoms with van der Waals surface area (Å²) in [6.07, 6.45) is 5.77. The summed E-state index contributed by atoms with van der Waals surface area (Å²) in [4.78, 5) is 19.3. The van der Waals surface area contributed by atoms with Gasteiger partial charge in [-0.15, -0.1) is 0 Å². The molecule has 0 aliphatic heterocycles. The summed E-state index contributed by atoms with van der Waals surface area (Å²) >= 11 is 6.01. The van der Waals surface area contributed by atoms with Gasteiger partial charge < -0.3 is 4.90 Å². The number of hydrogen-bond acceptors (Lipinski definition) is 3. The predicted octanol–water partition coefficient (Wildman–Crippen LogP) is 4.24. The van der Waals surface area contributed by atoms with Crippen LogP contribution in [0.3, 0.4) is 0 Å². The number of rotatable bonds is 7. The summed E-state index contributed by atoms with van der Waals surface area (Å²) in [7, 11) is 0. The van der Waals surface area contributed by atoms with E-state index in [1.54, 1.807) is 10.7 Å². The molecule has 0 unspecified atom stereocenters. The highest BCUT2D eigenvalue weighted by Gasteiger charge is 2.21. The van der Waals surface area contributed by atoms with E-state index in [9.17, 15) is 4.79 Å². The van der Waals surface area contributed by atoms with E-state index in [0.29, 0.717) is 11.4 Å². The maximum atomic E-state index is 12.9. The first-order valence-corrected chi connectivity index (χ1v) is 9.37. The lowest BCUT2D eigenvalue weighted by Gasteiger charge is -2.21. The van der Waals surface area contributed by atoms with Crippen LogP contribution >= 0.6 is 11.6 Å². The second kappa shape index (κ2) is 8.32. The van der Waals surface area contributed by atoms with Crippen LogP contribution in [0.4, 0.5) is 0 Å². The van der Waals surface area contributed by atoms with E-state index in [4.69, 9.17) is 11.6 Å². The molecule has 0 saturated carbocycles. The average molecular weight is 371 g/mol. The van der Waals surface area contributed by atoms with Gasteiger partial charge in [0.15, 0.2) is 5.65 Å². The van der Waals surface area contributed by atoms with Crippen LogP contribution < -0.4 is 0 Å². The van der Waals surface area contributed by atoms with Crippen LogP contribution in [0.1, 0.15) is 32.3 Å². The fourth-order valence-corrected chi connectivity index (χ4v) is 3.23. The molecule has 0 bridgehead atoms. The molecular weight excluding hydrogens is 348 g/mol. The molecule has 3 aromatic rings. The van der Waals surface area contributed by atoms with Crippen molar-refractivity contribution in [2.75, 3.05) is 13.1 Å². The van der Waals surface area contributed by atoms with Crippen LogP contribution in [-0.4, -0.2) is 38.5 Å². The van der Waals surface area contributed by atoms with Crippen molar-refractivity contribution in [3.05, 3.63) is 53.3 Å². The molecule has 2 heterocycles. The molecular formula is C20H23ClN4O. The molecule has 0 N–H and O–H groups in total. The zero-order valence-electron chi connectivity index (χ0n) is 15.2. The van der Waals surface area contributed by atoms with Gasteiger partial charge in [-0.05, 0) is 31.0 Å². The largest absolute Gasteiger partial charge is 0.342 e. The summed E-state index contributed by atoms with van der Waals surface area (Å²) in [5.41, 5.74) is 3.29. The third kappa shape index (κ3) is 3.88. The third-order valence-corrected chi connectivity index (χ3v) is 4.53. The van der Waals surface area contributed by atoms with E-state index in [1.807, 2.05) is 41.4 Å². The molecule has 5 nitrogen and oxygen atoms in total. The monoisotopic (exact) mass is 370 g/mol. The Balaban J connectivity index is 2.01. The van der Waals surface area contributed by atoms with Gasteiger partial charge in [0.25, 0.3) is 0 Å².